The van der Waals surface area contributed by atoms with E-state index >= 15 is 0 Å². The third kappa shape index (κ3) is 5.96. The summed E-state index contributed by atoms with van der Waals surface area (Å²) in [5.41, 5.74) is 8.06. The molecular formula is C25H25Cl2N3O3. The SMILES string of the molecule is Nc1ncc(C(=O)N[C@@H]2CCC[C@H]2OCc2ccccc2)cc1OCc1c(Cl)cccc1Cl. The van der Waals surface area contributed by atoms with E-state index in [9.17, 15) is 4.79 Å². The lowest BCUT2D eigenvalue weighted by atomic mass is 10.1. The minimum atomic E-state index is -0.247. The van der Waals surface area contributed by atoms with Crippen molar-refractivity contribution >= 4 is 34.9 Å². The van der Waals surface area contributed by atoms with Crippen LogP contribution in [0.1, 0.15) is 40.7 Å². The molecule has 6 nitrogen and oxygen atoms in total. The molecule has 1 aromatic heterocycles. The molecule has 0 unspecified atom stereocenters. The molecule has 0 bridgehead atoms. The number of ether oxygens (including phenoxy) is 2. The monoisotopic (exact) mass is 485 g/mol. The van der Waals surface area contributed by atoms with Crippen LogP contribution in [0.4, 0.5) is 5.82 Å². The highest BCUT2D eigenvalue weighted by atomic mass is 35.5. The van der Waals surface area contributed by atoms with Crippen molar-refractivity contribution in [3.8, 4) is 5.75 Å². The van der Waals surface area contributed by atoms with Gasteiger partial charge in [0.1, 0.15) is 6.61 Å². The molecule has 4 rings (SSSR count). The average Bonchev–Trinajstić information content (AvgIpc) is 3.26. The number of carbonyl (C=O) groups excluding carboxylic acids is 1. The molecule has 0 spiro atoms. The summed E-state index contributed by atoms with van der Waals surface area (Å²) in [6.07, 6.45) is 4.17. The summed E-state index contributed by atoms with van der Waals surface area (Å²) >= 11 is 12.4. The normalized spacial score (nSPS) is 17.6. The van der Waals surface area contributed by atoms with Crippen molar-refractivity contribution in [3.05, 3.63) is 87.5 Å². The lowest BCUT2D eigenvalue weighted by molar-refractivity contribution is 0.0272. The number of nitrogens with two attached hydrogens (primary N) is 1. The Morgan fingerprint density at radius 3 is 2.58 bits per heavy atom. The highest BCUT2D eigenvalue weighted by molar-refractivity contribution is 6.35. The minimum Gasteiger partial charge on any atom is -0.485 e. The van der Waals surface area contributed by atoms with Gasteiger partial charge in [0.15, 0.2) is 11.6 Å². The molecular weight excluding hydrogens is 461 g/mol. The molecule has 1 aliphatic carbocycles. The number of carbonyl (C=O) groups is 1. The number of nitrogen functional groups attached to an aromatic ring is 1. The number of hydrogen-bond donors (Lipinski definition) is 2. The van der Waals surface area contributed by atoms with Gasteiger partial charge in [0, 0.05) is 21.8 Å². The van der Waals surface area contributed by atoms with E-state index in [-0.39, 0.29) is 30.5 Å². The number of pyridine rings is 1. The fourth-order valence-electron chi connectivity index (χ4n) is 3.83. The number of benzene rings is 2. The second kappa shape index (κ2) is 10.9. The molecule has 2 aromatic carbocycles. The van der Waals surface area contributed by atoms with Gasteiger partial charge in [-0.05, 0) is 43.0 Å². The number of hydrogen-bond acceptors (Lipinski definition) is 5. The summed E-state index contributed by atoms with van der Waals surface area (Å²) in [6.45, 7) is 0.622. The Morgan fingerprint density at radius 2 is 1.82 bits per heavy atom. The van der Waals surface area contributed by atoms with Crippen molar-refractivity contribution in [3.63, 3.8) is 0 Å². The van der Waals surface area contributed by atoms with Gasteiger partial charge in [-0.1, -0.05) is 59.6 Å². The number of amides is 1. The highest BCUT2D eigenvalue weighted by Gasteiger charge is 2.30. The maximum absolute atomic E-state index is 12.9. The van der Waals surface area contributed by atoms with Gasteiger partial charge in [0.2, 0.25) is 0 Å². The zero-order valence-corrected chi connectivity index (χ0v) is 19.5. The Bertz CT molecular complexity index is 1090. The van der Waals surface area contributed by atoms with Crippen LogP contribution in [0.15, 0.2) is 60.8 Å². The van der Waals surface area contributed by atoms with E-state index < -0.39 is 0 Å². The molecule has 1 fully saturated rings. The maximum Gasteiger partial charge on any atom is 0.253 e. The standard InChI is InChI=1S/C25H25Cl2N3O3/c26-19-8-4-9-20(27)18(19)15-33-23-12-17(13-29-24(23)28)25(31)30-21-10-5-11-22(21)32-14-16-6-2-1-3-7-16/h1-4,6-9,12-13,21-22H,5,10-11,14-15H2,(H2,28,29)(H,30,31)/t21-,22-/m1/s1. The van der Waals surface area contributed by atoms with E-state index in [1.165, 1.54) is 6.20 Å². The lowest BCUT2D eigenvalue weighted by Crippen LogP contribution is -2.41. The lowest BCUT2D eigenvalue weighted by Gasteiger charge is -2.22. The molecule has 33 heavy (non-hydrogen) atoms. The summed E-state index contributed by atoms with van der Waals surface area (Å²) in [4.78, 5) is 17.0. The van der Waals surface area contributed by atoms with Crippen molar-refractivity contribution < 1.29 is 14.3 Å². The van der Waals surface area contributed by atoms with Crippen LogP contribution in [0.2, 0.25) is 10.0 Å². The summed E-state index contributed by atoms with van der Waals surface area (Å²) in [6, 6.07) is 16.7. The topological polar surface area (TPSA) is 86.5 Å². The fourth-order valence-corrected chi connectivity index (χ4v) is 4.34. The molecule has 1 saturated carbocycles. The molecule has 8 heteroatoms. The second-order valence-corrected chi connectivity index (χ2v) is 8.76. The third-order valence-corrected chi connectivity index (χ3v) is 6.36. The van der Waals surface area contributed by atoms with Crippen LogP contribution in [0.5, 0.6) is 5.75 Å². The number of halogens is 2. The first-order valence-electron chi connectivity index (χ1n) is 10.8. The van der Waals surface area contributed by atoms with Crippen LogP contribution < -0.4 is 15.8 Å². The molecule has 1 aliphatic rings. The molecule has 1 heterocycles. The quantitative estimate of drug-likeness (QED) is 0.444. The summed E-state index contributed by atoms with van der Waals surface area (Å²) < 4.78 is 11.9. The second-order valence-electron chi connectivity index (χ2n) is 7.94. The van der Waals surface area contributed by atoms with Gasteiger partial charge >= 0.3 is 0 Å². The minimum absolute atomic E-state index is 0.0334. The maximum atomic E-state index is 12.9. The van der Waals surface area contributed by atoms with Crippen LogP contribution in [0.3, 0.4) is 0 Å². The van der Waals surface area contributed by atoms with Gasteiger partial charge in [-0.2, -0.15) is 0 Å². The molecule has 3 aromatic rings. The highest BCUT2D eigenvalue weighted by Crippen LogP contribution is 2.28. The Morgan fingerprint density at radius 1 is 1.06 bits per heavy atom. The van der Waals surface area contributed by atoms with Crippen molar-refractivity contribution in [2.24, 2.45) is 0 Å². The van der Waals surface area contributed by atoms with Gasteiger partial charge in [-0.15, -0.1) is 0 Å². The Labute approximate surface area is 203 Å². The van der Waals surface area contributed by atoms with Gasteiger partial charge < -0.3 is 20.5 Å². The van der Waals surface area contributed by atoms with Crippen LogP contribution in [-0.2, 0) is 18.0 Å². The first-order chi connectivity index (χ1) is 16.0. The van der Waals surface area contributed by atoms with Crippen molar-refractivity contribution in [1.29, 1.82) is 0 Å². The van der Waals surface area contributed by atoms with Crippen molar-refractivity contribution in [1.82, 2.24) is 10.3 Å². The predicted molar refractivity (Wildman–Crippen MR) is 130 cm³/mol. The first kappa shape index (κ1) is 23.4. The first-order valence-corrected chi connectivity index (χ1v) is 11.5. The molecule has 2 atom stereocenters. The van der Waals surface area contributed by atoms with Gasteiger partial charge in [-0.25, -0.2) is 4.98 Å². The third-order valence-electron chi connectivity index (χ3n) is 5.65. The van der Waals surface area contributed by atoms with Gasteiger partial charge in [-0.3, -0.25) is 4.79 Å². The van der Waals surface area contributed by atoms with Crippen LogP contribution in [-0.4, -0.2) is 23.0 Å². The molecule has 0 radical (unpaired) electrons. The zero-order chi connectivity index (χ0) is 23.2. The number of nitrogens with one attached hydrogen (secondary N) is 1. The molecule has 1 amide bonds. The van der Waals surface area contributed by atoms with E-state index in [0.717, 1.165) is 24.8 Å². The van der Waals surface area contributed by atoms with E-state index in [4.69, 9.17) is 38.4 Å². The Hall–Kier alpha value is -2.80. The van der Waals surface area contributed by atoms with Gasteiger partial charge in [0.25, 0.3) is 5.91 Å². The summed E-state index contributed by atoms with van der Waals surface area (Å²) in [5, 5.41) is 4.06. The zero-order valence-electron chi connectivity index (χ0n) is 18.0. The predicted octanol–water partition coefficient (Wildman–Crippen LogP) is 5.42. The number of rotatable bonds is 8. The van der Waals surface area contributed by atoms with Crippen molar-refractivity contribution in [2.45, 2.75) is 44.6 Å². The Kier molecular flexibility index (Phi) is 7.70. The smallest absolute Gasteiger partial charge is 0.253 e. The number of nitrogens with zero attached hydrogens (tertiary/aromatic N) is 1. The van der Waals surface area contributed by atoms with Crippen LogP contribution in [0, 0.1) is 0 Å². The molecule has 0 aliphatic heterocycles. The Balaban J connectivity index is 1.38. The number of anilines is 1. The number of aromatic nitrogens is 1. The molecule has 3 N–H and O–H groups in total. The van der Waals surface area contributed by atoms with Crippen LogP contribution >= 0.6 is 23.2 Å². The van der Waals surface area contributed by atoms with E-state index in [2.05, 4.69) is 10.3 Å². The van der Waals surface area contributed by atoms with Crippen LogP contribution in [0.25, 0.3) is 0 Å². The summed E-state index contributed by atoms with van der Waals surface area (Å²) in [5.74, 6) is 0.227. The molecule has 172 valence electrons. The molecule has 0 saturated heterocycles. The van der Waals surface area contributed by atoms with Gasteiger partial charge in [0.05, 0.1) is 24.3 Å². The van der Waals surface area contributed by atoms with E-state index in [1.807, 2.05) is 30.3 Å². The summed E-state index contributed by atoms with van der Waals surface area (Å²) in [7, 11) is 0. The van der Waals surface area contributed by atoms with Crippen molar-refractivity contribution in [2.75, 3.05) is 5.73 Å². The van der Waals surface area contributed by atoms with E-state index in [1.54, 1.807) is 24.3 Å². The fraction of sp³-hybridized carbons (Fsp3) is 0.280. The largest absolute Gasteiger partial charge is 0.485 e. The van der Waals surface area contributed by atoms with E-state index in [0.29, 0.717) is 33.5 Å². The average molecular weight is 486 g/mol.